The second kappa shape index (κ2) is 6.20. The molecule has 1 aliphatic rings. The van der Waals surface area contributed by atoms with Crippen LogP contribution in [-0.4, -0.2) is 31.4 Å². The fourth-order valence-electron chi connectivity index (χ4n) is 3.35. The molecule has 5 nitrogen and oxygen atoms in total. The molecule has 0 amide bonds. The van der Waals surface area contributed by atoms with Crippen LogP contribution in [-0.2, 0) is 0 Å². The minimum atomic E-state index is -0.881. The molecule has 1 N–H and O–H groups in total. The van der Waals surface area contributed by atoms with Crippen molar-refractivity contribution in [3.8, 4) is 17.0 Å². The van der Waals surface area contributed by atoms with Crippen LogP contribution in [0.25, 0.3) is 27.6 Å². The summed E-state index contributed by atoms with van der Waals surface area (Å²) in [6.07, 6.45) is 6.22. The lowest BCUT2D eigenvalue weighted by atomic mass is 9.97. The van der Waals surface area contributed by atoms with Crippen molar-refractivity contribution in [1.82, 2.24) is 20.2 Å². The molecule has 0 bridgehead atoms. The van der Waals surface area contributed by atoms with Gasteiger partial charge in [-0.2, -0.15) is 0 Å². The van der Waals surface area contributed by atoms with Gasteiger partial charge in [-0.1, -0.05) is 6.58 Å². The maximum atomic E-state index is 13.9. The predicted molar refractivity (Wildman–Crippen MR) is 93.5 cm³/mol. The summed E-state index contributed by atoms with van der Waals surface area (Å²) in [4.78, 5) is 8.33. The summed E-state index contributed by atoms with van der Waals surface area (Å²) in [6, 6.07) is 5.32. The Bertz CT molecular complexity index is 942. The van der Waals surface area contributed by atoms with Gasteiger partial charge >= 0.3 is 0 Å². The number of hydrogen-bond donors (Lipinski definition) is 1. The minimum Gasteiger partial charge on any atom is -0.507 e. The first-order valence-corrected chi connectivity index (χ1v) is 8.23. The van der Waals surface area contributed by atoms with Crippen molar-refractivity contribution in [2.75, 3.05) is 0 Å². The molecule has 2 aromatic heterocycles. The Morgan fingerprint density at radius 1 is 1.16 bits per heavy atom. The number of hydrogen-bond acceptors (Lipinski definition) is 5. The molecule has 0 aliphatic heterocycles. The molecule has 1 aliphatic carbocycles. The van der Waals surface area contributed by atoms with E-state index in [9.17, 15) is 9.50 Å². The monoisotopic (exact) mass is 336 g/mol. The molecule has 1 saturated carbocycles. The van der Waals surface area contributed by atoms with Gasteiger partial charge in [-0.25, -0.2) is 9.37 Å². The number of phenolic OH excluding ortho intramolecular Hbond substituents is 1. The normalized spacial score (nSPS) is 20.0. The lowest BCUT2D eigenvalue weighted by Crippen LogP contribution is -2.12. The summed E-state index contributed by atoms with van der Waals surface area (Å²) < 4.78 is 13.9. The smallest absolute Gasteiger partial charge is 0.177 e. The van der Waals surface area contributed by atoms with Crippen LogP contribution >= 0.6 is 0 Å². The van der Waals surface area contributed by atoms with Crippen molar-refractivity contribution in [3.63, 3.8) is 0 Å². The van der Waals surface area contributed by atoms with Crippen molar-refractivity contribution < 1.29 is 9.50 Å². The predicted octanol–water partition coefficient (Wildman–Crippen LogP) is 3.94. The van der Waals surface area contributed by atoms with E-state index in [2.05, 4.69) is 26.7 Å². The molecule has 6 heteroatoms. The lowest BCUT2D eigenvalue weighted by Gasteiger charge is -2.14. The van der Waals surface area contributed by atoms with Crippen LogP contribution in [0.15, 0.2) is 43.4 Å². The molecule has 25 heavy (non-hydrogen) atoms. The molecule has 2 heterocycles. The average molecular weight is 336 g/mol. The topological polar surface area (TPSA) is 71.8 Å². The maximum absolute atomic E-state index is 13.9. The zero-order valence-corrected chi connectivity index (χ0v) is 13.6. The zero-order valence-electron chi connectivity index (χ0n) is 13.6. The number of halogens is 1. The molecule has 1 aromatic carbocycles. The van der Waals surface area contributed by atoms with Crippen LogP contribution in [0.5, 0.6) is 5.75 Å². The first kappa shape index (κ1) is 15.6. The van der Waals surface area contributed by atoms with E-state index in [4.69, 9.17) is 0 Å². The van der Waals surface area contributed by atoms with Gasteiger partial charge in [-0.15, -0.1) is 10.2 Å². The summed E-state index contributed by atoms with van der Waals surface area (Å²) in [5.74, 6) is 0.222. The van der Waals surface area contributed by atoms with Crippen molar-refractivity contribution in [1.29, 1.82) is 0 Å². The van der Waals surface area contributed by atoms with E-state index in [1.807, 2.05) is 12.1 Å². The third-order valence-electron chi connectivity index (χ3n) is 4.76. The SMILES string of the molecule is C=C(c1ncc(-c2cc3ccncc3cc2O)nn1)[C@H]1CCC[C@@H]1F. The first-order chi connectivity index (χ1) is 12.1. The number of nitrogens with zero attached hydrogens (tertiary/aromatic N) is 4. The number of rotatable bonds is 3. The van der Waals surface area contributed by atoms with Gasteiger partial charge in [0.05, 0.1) is 6.20 Å². The number of allylic oxidation sites excluding steroid dienone is 1. The Hall–Kier alpha value is -2.89. The van der Waals surface area contributed by atoms with Gasteiger partial charge in [0.1, 0.15) is 17.6 Å². The van der Waals surface area contributed by atoms with Crippen molar-refractivity contribution in [2.24, 2.45) is 5.92 Å². The quantitative estimate of drug-likeness (QED) is 0.784. The molecular weight excluding hydrogens is 319 g/mol. The van der Waals surface area contributed by atoms with E-state index in [1.165, 1.54) is 6.20 Å². The highest BCUT2D eigenvalue weighted by Crippen LogP contribution is 2.37. The third kappa shape index (κ3) is 2.84. The molecular formula is C19H17FN4O. The summed E-state index contributed by atoms with van der Waals surface area (Å²) in [5.41, 5.74) is 1.59. The fourth-order valence-corrected chi connectivity index (χ4v) is 3.35. The highest BCUT2D eigenvalue weighted by molar-refractivity contribution is 5.89. The summed E-state index contributed by atoms with van der Waals surface area (Å²) in [7, 11) is 0. The number of phenols is 1. The van der Waals surface area contributed by atoms with Crippen LogP contribution in [0.2, 0.25) is 0 Å². The number of benzene rings is 1. The highest BCUT2D eigenvalue weighted by Gasteiger charge is 2.31. The van der Waals surface area contributed by atoms with E-state index < -0.39 is 6.17 Å². The third-order valence-corrected chi connectivity index (χ3v) is 4.76. The fraction of sp³-hybridized carbons (Fsp3) is 0.263. The Labute approximate surface area is 144 Å². The van der Waals surface area contributed by atoms with Crippen LogP contribution in [0, 0.1) is 5.92 Å². The molecule has 2 atom stereocenters. The average Bonchev–Trinajstić information content (AvgIpc) is 3.06. The standard InChI is InChI=1S/C19H17FN4O/c1-11(14-3-2-4-16(14)20)19-22-10-17(23-24-19)15-7-12-5-6-21-9-13(12)8-18(15)25/h5-10,14,16,25H,1-4H2/t14-,16+/m1/s1. The number of alkyl halides is 1. The summed E-state index contributed by atoms with van der Waals surface area (Å²) >= 11 is 0. The Morgan fingerprint density at radius 2 is 2.04 bits per heavy atom. The van der Waals surface area contributed by atoms with Gasteiger partial charge in [-0.05, 0) is 48.4 Å². The van der Waals surface area contributed by atoms with E-state index in [-0.39, 0.29) is 11.7 Å². The number of aromatic nitrogens is 4. The van der Waals surface area contributed by atoms with E-state index in [1.54, 1.807) is 18.5 Å². The summed E-state index contributed by atoms with van der Waals surface area (Å²) in [6.45, 7) is 3.96. The number of aromatic hydroxyl groups is 1. The lowest BCUT2D eigenvalue weighted by molar-refractivity contribution is 0.302. The molecule has 4 rings (SSSR count). The molecule has 0 radical (unpaired) electrons. The zero-order chi connectivity index (χ0) is 17.4. The van der Waals surface area contributed by atoms with Gasteiger partial charge < -0.3 is 5.11 Å². The van der Waals surface area contributed by atoms with Crippen LogP contribution < -0.4 is 0 Å². The molecule has 126 valence electrons. The van der Waals surface area contributed by atoms with Gasteiger partial charge in [-0.3, -0.25) is 4.98 Å². The van der Waals surface area contributed by atoms with Crippen LogP contribution in [0.3, 0.4) is 0 Å². The first-order valence-electron chi connectivity index (χ1n) is 8.23. The van der Waals surface area contributed by atoms with Crippen molar-refractivity contribution >= 4 is 16.3 Å². The molecule has 0 spiro atoms. The van der Waals surface area contributed by atoms with Crippen LogP contribution in [0.4, 0.5) is 4.39 Å². The molecule has 0 saturated heterocycles. The highest BCUT2D eigenvalue weighted by atomic mass is 19.1. The second-order valence-electron chi connectivity index (χ2n) is 6.34. The Balaban J connectivity index is 1.66. The van der Waals surface area contributed by atoms with E-state index >= 15 is 0 Å². The van der Waals surface area contributed by atoms with Gasteiger partial charge in [0.2, 0.25) is 0 Å². The van der Waals surface area contributed by atoms with E-state index in [0.29, 0.717) is 29.1 Å². The summed E-state index contributed by atoms with van der Waals surface area (Å²) in [5, 5.41) is 20.3. The molecule has 0 unspecified atom stereocenters. The van der Waals surface area contributed by atoms with Crippen molar-refractivity contribution in [3.05, 3.63) is 49.2 Å². The maximum Gasteiger partial charge on any atom is 0.177 e. The largest absolute Gasteiger partial charge is 0.507 e. The van der Waals surface area contributed by atoms with Gasteiger partial charge in [0, 0.05) is 29.3 Å². The minimum absolute atomic E-state index is 0.0859. The number of fused-ring (bicyclic) bond motifs is 1. The van der Waals surface area contributed by atoms with E-state index in [0.717, 1.165) is 23.6 Å². The Morgan fingerprint density at radius 3 is 2.76 bits per heavy atom. The molecule has 1 fully saturated rings. The van der Waals surface area contributed by atoms with Crippen molar-refractivity contribution in [2.45, 2.75) is 25.4 Å². The Kier molecular flexibility index (Phi) is 3.87. The molecule has 3 aromatic rings. The van der Waals surface area contributed by atoms with Crippen LogP contribution in [0.1, 0.15) is 25.1 Å². The second-order valence-corrected chi connectivity index (χ2v) is 6.34. The van der Waals surface area contributed by atoms with Gasteiger partial charge in [0.15, 0.2) is 5.82 Å². The van der Waals surface area contributed by atoms with Gasteiger partial charge in [0.25, 0.3) is 0 Å². The number of pyridine rings is 1.